The average Bonchev–Trinajstić information content (AvgIpc) is 3.63. The van der Waals surface area contributed by atoms with Gasteiger partial charge in [-0.05, 0) is 89.0 Å². The van der Waals surface area contributed by atoms with Gasteiger partial charge in [-0.2, -0.15) is 0 Å². The van der Waals surface area contributed by atoms with Crippen LogP contribution in [-0.4, -0.2) is 24.5 Å². The first kappa shape index (κ1) is 32.7. The molecule has 0 aliphatic carbocycles. The Morgan fingerprint density at radius 3 is 1.67 bits per heavy atom. The summed E-state index contributed by atoms with van der Waals surface area (Å²) in [5.41, 5.74) is 14.1. The zero-order chi connectivity index (χ0) is 37.7. The SMILES string of the molecule is c1ccc(-c2nc3ccccc3c3c2ccc2c4ccc(-c5cccc(-c6cc(-c7ccccn7)nc(-c7ccccn7)c6)c5)cc4n(-c4ccccc4)c23)cc1. The number of nitrogens with zero attached hydrogens (tertiary/aromatic N) is 5. The number of hydrogen-bond donors (Lipinski definition) is 0. The highest BCUT2D eigenvalue weighted by Crippen LogP contribution is 2.43. The summed E-state index contributed by atoms with van der Waals surface area (Å²) in [5.74, 6) is 0. The van der Waals surface area contributed by atoms with E-state index in [-0.39, 0.29) is 0 Å². The number of benzene rings is 6. The number of aromatic nitrogens is 5. The van der Waals surface area contributed by atoms with Crippen LogP contribution in [0.15, 0.2) is 200 Å². The molecule has 0 bridgehead atoms. The molecule has 0 spiro atoms. The smallest absolute Gasteiger partial charge is 0.0900 e. The maximum atomic E-state index is 5.25. The molecule has 57 heavy (non-hydrogen) atoms. The number of rotatable bonds is 6. The second-order valence-corrected chi connectivity index (χ2v) is 14.3. The summed E-state index contributed by atoms with van der Waals surface area (Å²) < 4.78 is 2.45. The van der Waals surface area contributed by atoms with Crippen LogP contribution in [0.2, 0.25) is 0 Å². The van der Waals surface area contributed by atoms with Gasteiger partial charge in [0.25, 0.3) is 0 Å². The fraction of sp³-hybridized carbons (Fsp3) is 0. The lowest BCUT2D eigenvalue weighted by molar-refractivity contribution is 1.19. The molecule has 5 heteroatoms. The van der Waals surface area contributed by atoms with Crippen molar-refractivity contribution in [3.05, 3.63) is 200 Å². The van der Waals surface area contributed by atoms with Crippen molar-refractivity contribution in [3.8, 4) is 62.0 Å². The maximum Gasteiger partial charge on any atom is 0.0900 e. The van der Waals surface area contributed by atoms with E-state index in [1.165, 1.54) is 21.7 Å². The molecule has 5 aromatic heterocycles. The molecule has 0 aliphatic heterocycles. The van der Waals surface area contributed by atoms with Crippen molar-refractivity contribution in [1.29, 1.82) is 0 Å². The maximum absolute atomic E-state index is 5.25. The highest BCUT2D eigenvalue weighted by Gasteiger charge is 2.20. The Morgan fingerprint density at radius 2 is 0.947 bits per heavy atom. The van der Waals surface area contributed by atoms with E-state index in [1.54, 1.807) is 12.4 Å². The third-order valence-electron chi connectivity index (χ3n) is 10.9. The van der Waals surface area contributed by atoms with Crippen molar-refractivity contribution >= 4 is 43.5 Å². The van der Waals surface area contributed by atoms with Gasteiger partial charge >= 0.3 is 0 Å². The van der Waals surface area contributed by atoms with Crippen LogP contribution in [-0.2, 0) is 0 Å². The van der Waals surface area contributed by atoms with E-state index in [0.717, 1.165) is 83.8 Å². The van der Waals surface area contributed by atoms with Crippen LogP contribution in [0.3, 0.4) is 0 Å². The number of para-hydroxylation sites is 2. The Balaban J connectivity index is 1.14. The molecule has 5 nitrogen and oxygen atoms in total. The molecular formula is C52H33N5. The highest BCUT2D eigenvalue weighted by molar-refractivity contribution is 6.27. The van der Waals surface area contributed by atoms with Crippen LogP contribution in [0.25, 0.3) is 105 Å². The van der Waals surface area contributed by atoms with E-state index in [0.29, 0.717) is 0 Å². The number of pyridine rings is 4. The lowest BCUT2D eigenvalue weighted by atomic mass is 9.96. The molecule has 11 rings (SSSR count). The second kappa shape index (κ2) is 13.5. The first-order valence-electron chi connectivity index (χ1n) is 19.1. The van der Waals surface area contributed by atoms with E-state index in [1.807, 2.05) is 36.4 Å². The predicted octanol–water partition coefficient (Wildman–Crippen LogP) is 13.0. The first-order chi connectivity index (χ1) is 28.3. The third-order valence-corrected chi connectivity index (χ3v) is 10.9. The van der Waals surface area contributed by atoms with Gasteiger partial charge in [-0.3, -0.25) is 9.97 Å². The summed E-state index contributed by atoms with van der Waals surface area (Å²) in [5, 5.41) is 5.88. The van der Waals surface area contributed by atoms with Crippen LogP contribution < -0.4 is 0 Å². The van der Waals surface area contributed by atoms with Crippen LogP contribution >= 0.6 is 0 Å². The molecule has 0 atom stereocenters. The van der Waals surface area contributed by atoms with Crippen LogP contribution in [0, 0.1) is 0 Å². The predicted molar refractivity (Wildman–Crippen MR) is 234 cm³/mol. The van der Waals surface area contributed by atoms with Crippen molar-refractivity contribution in [3.63, 3.8) is 0 Å². The molecule has 0 saturated heterocycles. The Hall–Kier alpha value is -7.76. The summed E-state index contributed by atoms with van der Waals surface area (Å²) in [6.07, 6.45) is 3.61. The van der Waals surface area contributed by atoms with Crippen LogP contribution in [0.4, 0.5) is 0 Å². The van der Waals surface area contributed by atoms with Gasteiger partial charge in [0.15, 0.2) is 0 Å². The highest BCUT2D eigenvalue weighted by atomic mass is 15.0. The number of fused-ring (bicyclic) bond motifs is 7. The van der Waals surface area contributed by atoms with Crippen molar-refractivity contribution in [2.75, 3.05) is 0 Å². The zero-order valence-corrected chi connectivity index (χ0v) is 30.8. The minimum Gasteiger partial charge on any atom is -0.309 e. The summed E-state index contributed by atoms with van der Waals surface area (Å²) in [6.45, 7) is 0. The minimum atomic E-state index is 0.804. The summed E-state index contributed by atoms with van der Waals surface area (Å²) in [7, 11) is 0. The molecule has 5 heterocycles. The number of hydrogen-bond acceptors (Lipinski definition) is 4. The topological polar surface area (TPSA) is 56.5 Å². The van der Waals surface area contributed by atoms with Gasteiger partial charge in [0.1, 0.15) is 0 Å². The van der Waals surface area contributed by atoms with E-state index in [9.17, 15) is 0 Å². The zero-order valence-electron chi connectivity index (χ0n) is 30.8. The van der Waals surface area contributed by atoms with Gasteiger partial charge in [-0.15, -0.1) is 0 Å². The Kier molecular flexibility index (Phi) is 7.74. The lowest BCUT2D eigenvalue weighted by Gasteiger charge is -2.14. The van der Waals surface area contributed by atoms with Crippen molar-refractivity contribution < 1.29 is 0 Å². The fourth-order valence-electron chi connectivity index (χ4n) is 8.25. The van der Waals surface area contributed by atoms with Gasteiger partial charge in [-0.1, -0.05) is 121 Å². The Labute approximate surface area is 329 Å². The summed E-state index contributed by atoms with van der Waals surface area (Å²) in [4.78, 5) is 19.5. The van der Waals surface area contributed by atoms with Crippen molar-refractivity contribution in [2.45, 2.75) is 0 Å². The fourth-order valence-corrected chi connectivity index (χ4v) is 8.25. The molecule has 266 valence electrons. The standard InChI is InChI=1S/C52H33N5/c1-3-14-34(15-4-1)51-43-27-26-41-40-25-24-37(33-49(40)57(39-18-5-2-6-19-39)52(41)50(43)42-20-7-8-21-44(42)56-51)35-16-13-17-36(30-35)38-31-47(45-22-9-11-28-53-45)55-48(32-38)46-23-10-12-29-54-46/h1-33H. The van der Waals surface area contributed by atoms with Crippen molar-refractivity contribution in [1.82, 2.24) is 24.5 Å². The van der Waals surface area contributed by atoms with Crippen LogP contribution in [0.1, 0.15) is 0 Å². The van der Waals surface area contributed by atoms with E-state index < -0.39 is 0 Å². The van der Waals surface area contributed by atoms with Gasteiger partial charge < -0.3 is 4.57 Å². The molecule has 6 aromatic carbocycles. The van der Waals surface area contributed by atoms with Gasteiger partial charge in [0, 0.05) is 50.6 Å². The first-order valence-corrected chi connectivity index (χ1v) is 19.1. The van der Waals surface area contributed by atoms with Gasteiger partial charge in [0.05, 0.1) is 45.0 Å². The molecule has 0 N–H and O–H groups in total. The van der Waals surface area contributed by atoms with E-state index in [2.05, 4.69) is 166 Å². The quantitative estimate of drug-likeness (QED) is 0.160. The lowest BCUT2D eigenvalue weighted by Crippen LogP contribution is -1.96. The Bertz CT molecular complexity index is 3210. The normalized spacial score (nSPS) is 11.5. The molecular weight excluding hydrogens is 695 g/mol. The molecule has 0 amide bonds. The molecule has 0 fully saturated rings. The Morgan fingerprint density at radius 1 is 0.351 bits per heavy atom. The van der Waals surface area contributed by atoms with Gasteiger partial charge in [0.2, 0.25) is 0 Å². The van der Waals surface area contributed by atoms with E-state index in [4.69, 9.17) is 9.97 Å². The van der Waals surface area contributed by atoms with E-state index >= 15 is 0 Å². The summed E-state index contributed by atoms with van der Waals surface area (Å²) in [6, 6.07) is 66.1. The molecule has 0 aliphatic rings. The minimum absolute atomic E-state index is 0.804. The summed E-state index contributed by atoms with van der Waals surface area (Å²) >= 11 is 0. The monoisotopic (exact) mass is 727 g/mol. The second-order valence-electron chi connectivity index (χ2n) is 14.3. The largest absolute Gasteiger partial charge is 0.309 e. The molecule has 11 aromatic rings. The van der Waals surface area contributed by atoms with Crippen LogP contribution in [0.5, 0.6) is 0 Å². The van der Waals surface area contributed by atoms with Crippen molar-refractivity contribution in [2.24, 2.45) is 0 Å². The third kappa shape index (κ3) is 5.64. The van der Waals surface area contributed by atoms with Gasteiger partial charge in [-0.25, -0.2) is 9.97 Å². The molecule has 0 saturated carbocycles. The average molecular weight is 728 g/mol. The molecule has 0 unspecified atom stereocenters. The molecule has 0 radical (unpaired) electrons.